The fraction of sp³-hybridized carbons (Fsp3) is 0.714. The van der Waals surface area contributed by atoms with Crippen LogP contribution in [0.25, 0.3) is 0 Å². The van der Waals surface area contributed by atoms with Gasteiger partial charge < -0.3 is 10.6 Å². The highest BCUT2D eigenvalue weighted by Gasteiger charge is 2.26. The predicted molar refractivity (Wildman–Crippen MR) is 75.8 cm³/mol. The van der Waals surface area contributed by atoms with Crippen LogP contribution in [-0.2, 0) is 6.54 Å². The molecular weight excluding hydrogens is 240 g/mol. The molecule has 1 aromatic heterocycles. The Bertz CT molecular complexity index is 433. The Kier molecular flexibility index (Phi) is 4.45. The van der Waals surface area contributed by atoms with E-state index in [1.165, 1.54) is 12.8 Å². The third-order valence-electron chi connectivity index (χ3n) is 3.92. The van der Waals surface area contributed by atoms with Crippen LogP contribution in [0.1, 0.15) is 50.0 Å². The normalized spacial score (nSPS) is 16.8. The lowest BCUT2D eigenvalue weighted by Crippen LogP contribution is -2.39. The first-order valence-electron chi connectivity index (χ1n) is 7.27. The van der Waals surface area contributed by atoms with E-state index in [9.17, 15) is 4.79 Å². The summed E-state index contributed by atoms with van der Waals surface area (Å²) in [4.78, 5) is 14.3. The van der Waals surface area contributed by atoms with Crippen molar-refractivity contribution in [2.45, 2.75) is 46.1 Å². The average molecular weight is 264 g/mol. The number of amides is 1. The first kappa shape index (κ1) is 13.9. The number of nitrogens with two attached hydrogens (primary N) is 1. The summed E-state index contributed by atoms with van der Waals surface area (Å²) >= 11 is 0. The van der Waals surface area contributed by atoms with Crippen LogP contribution >= 0.6 is 0 Å². The molecule has 1 amide bonds. The summed E-state index contributed by atoms with van der Waals surface area (Å²) in [5.41, 5.74) is 6.77. The number of anilines is 1. The van der Waals surface area contributed by atoms with Crippen molar-refractivity contribution in [3.8, 4) is 0 Å². The summed E-state index contributed by atoms with van der Waals surface area (Å²) in [5.74, 6) is 0.763. The van der Waals surface area contributed by atoms with E-state index in [1.54, 1.807) is 10.9 Å². The van der Waals surface area contributed by atoms with Crippen LogP contribution in [0.2, 0.25) is 0 Å². The molecule has 5 heteroatoms. The van der Waals surface area contributed by atoms with E-state index in [2.05, 4.69) is 12.0 Å². The van der Waals surface area contributed by atoms with Crippen molar-refractivity contribution in [3.05, 3.63) is 11.9 Å². The zero-order valence-electron chi connectivity index (χ0n) is 11.9. The molecule has 1 fully saturated rings. The number of nitrogen functional groups attached to an aromatic ring is 1. The van der Waals surface area contributed by atoms with Gasteiger partial charge in [-0.05, 0) is 25.7 Å². The fourth-order valence-electron chi connectivity index (χ4n) is 2.75. The molecule has 1 aliphatic heterocycles. The third kappa shape index (κ3) is 3.08. The van der Waals surface area contributed by atoms with Gasteiger partial charge in [-0.2, -0.15) is 5.10 Å². The van der Waals surface area contributed by atoms with Crippen molar-refractivity contribution in [2.24, 2.45) is 5.92 Å². The van der Waals surface area contributed by atoms with E-state index < -0.39 is 0 Å². The first-order valence-corrected chi connectivity index (χ1v) is 7.27. The summed E-state index contributed by atoms with van der Waals surface area (Å²) in [5, 5.41) is 4.26. The van der Waals surface area contributed by atoms with Gasteiger partial charge >= 0.3 is 0 Å². The van der Waals surface area contributed by atoms with Gasteiger partial charge in [0.05, 0.1) is 5.69 Å². The lowest BCUT2D eigenvalue weighted by Gasteiger charge is -2.31. The Labute approximate surface area is 114 Å². The molecule has 0 atom stereocenters. The average Bonchev–Trinajstić information content (AvgIpc) is 2.80. The number of aromatic nitrogens is 2. The van der Waals surface area contributed by atoms with Gasteiger partial charge in [-0.1, -0.05) is 19.8 Å². The molecular formula is C14H24N4O. The molecule has 1 saturated heterocycles. The summed E-state index contributed by atoms with van der Waals surface area (Å²) in [6.45, 7) is 6.60. The molecule has 2 heterocycles. The minimum atomic E-state index is -0.0142. The van der Waals surface area contributed by atoms with Crippen molar-refractivity contribution in [3.63, 3.8) is 0 Å². The first-order chi connectivity index (χ1) is 9.15. The molecule has 1 aliphatic rings. The van der Waals surface area contributed by atoms with E-state index in [0.717, 1.165) is 38.4 Å². The molecule has 19 heavy (non-hydrogen) atoms. The van der Waals surface area contributed by atoms with Crippen LogP contribution in [0.5, 0.6) is 0 Å². The minimum Gasteiger partial charge on any atom is -0.396 e. The van der Waals surface area contributed by atoms with Crippen LogP contribution in [0.3, 0.4) is 0 Å². The fourth-order valence-corrected chi connectivity index (χ4v) is 2.75. The summed E-state index contributed by atoms with van der Waals surface area (Å²) in [6.07, 6.45) is 6.44. The second-order valence-electron chi connectivity index (χ2n) is 5.31. The number of rotatable bonds is 4. The van der Waals surface area contributed by atoms with Gasteiger partial charge in [-0.15, -0.1) is 0 Å². The molecule has 0 saturated carbocycles. The van der Waals surface area contributed by atoms with E-state index in [0.29, 0.717) is 11.4 Å². The Morgan fingerprint density at radius 3 is 2.63 bits per heavy atom. The zero-order valence-corrected chi connectivity index (χ0v) is 11.9. The van der Waals surface area contributed by atoms with Gasteiger partial charge in [0.1, 0.15) is 0 Å². The van der Waals surface area contributed by atoms with Gasteiger partial charge in [0, 0.05) is 25.8 Å². The minimum absolute atomic E-state index is 0.0142. The zero-order chi connectivity index (χ0) is 13.8. The van der Waals surface area contributed by atoms with Crippen molar-refractivity contribution in [1.82, 2.24) is 14.7 Å². The number of aryl methyl sites for hydroxylation is 1. The highest BCUT2D eigenvalue weighted by atomic mass is 16.2. The number of hydrogen-bond acceptors (Lipinski definition) is 3. The SMILES string of the molecule is CCCC1CCN(C(=O)c2nn(CC)cc2N)CC1. The summed E-state index contributed by atoms with van der Waals surface area (Å²) < 4.78 is 1.71. The molecule has 0 aromatic carbocycles. The van der Waals surface area contributed by atoms with Gasteiger partial charge in [0.2, 0.25) is 0 Å². The number of carbonyl (C=O) groups is 1. The van der Waals surface area contributed by atoms with Crippen molar-refractivity contribution < 1.29 is 4.79 Å². The Morgan fingerprint density at radius 1 is 1.42 bits per heavy atom. The number of piperidine rings is 1. The van der Waals surface area contributed by atoms with E-state index in [1.807, 2.05) is 11.8 Å². The number of nitrogens with zero attached hydrogens (tertiary/aromatic N) is 3. The summed E-state index contributed by atoms with van der Waals surface area (Å²) in [6, 6.07) is 0. The molecule has 0 spiro atoms. The van der Waals surface area contributed by atoms with E-state index >= 15 is 0 Å². The molecule has 2 rings (SSSR count). The van der Waals surface area contributed by atoms with Crippen LogP contribution in [-0.4, -0.2) is 33.7 Å². The highest BCUT2D eigenvalue weighted by molar-refractivity contribution is 5.97. The maximum absolute atomic E-state index is 12.4. The lowest BCUT2D eigenvalue weighted by molar-refractivity contribution is 0.0680. The largest absolute Gasteiger partial charge is 0.396 e. The Hall–Kier alpha value is -1.52. The Morgan fingerprint density at radius 2 is 2.11 bits per heavy atom. The molecule has 0 bridgehead atoms. The molecule has 2 N–H and O–H groups in total. The van der Waals surface area contributed by atoms with Crippen LogP contribution in [0.4, 0.5) is 5.69 Å². The number of likely N-dealkylation sites (tertiary alicyclic amines) is 1. The monoisotopic (exact) mass is 264 g/mol. The molecule has 106 valence electrons. The maximum Gasteiger partial charge on any atom is 0.276 e. The smallest absolute Gasteiger partial charge is 0.276 e. The van der Waals surface area contributed by atoms with Crippen LogP contribution in [0, 0.1) is 5.92 Å². The number of hydrogen-bond donors (Lipinski definition) is 1. The van der Waals surface area contributed by atoms with Gasteiger partial charge in [0.15, 0.2) is 5.69 Å². The molecule has 5 nitrogen and oxygen atoms in total. The quantitative estimate of drug-likeness (QED) is 0.906. The van der Waals surface area contributed by atoms with E-state index in [4.69, 9.17) is 5.73 Å². The van der Waals surface area contributed by atoms with Gasteiger partial charge in [0.25, 0.3) is 5.91 Å². The topological polar surface area (TPSA) is 64.2 Å². The lowest BCUT2D eigenvalue weighted by atomic mass is 9.92. The summed E-state index contributed by atoms with van der Waals surface area (Å²) in [7, 11) is 0. The van der Waals surface area contributed by atoms with Crippen molar-refractivity contribution >= 4 is 11.6 Å². The molecule has 0 unspecified atom stereocenters. The van der Waals surface area contributed by atoms with Gasteiger partial charge in [-0.3, -0.25) is 9.48 Å². The third-order valence-corrected chi connectivity index (χ3v) is 3.92. The maximum atomic E-state index is 12.4. The van der Waals surface area contributed by atoms with Crippen LogP contribution in [0.15, 0.2) is 6.20 Å². The molecule has 0 aliphatic carbocycles. The highest BCUT2D eigenvalue weighted by Crippen LogP contribution is 2.23. The van der Waals surface area contributed by atoms with Crippen LogP contribution < -0.4 is 5.73 Å². The Balaban J connectivity index is 1.99. The second-order valence-corrected chi connectivity index (χ2v) is 5.31. The standard InChI is InChI=1S/C14H24N4O/c1-3-5-11-6-8-17(9-7-11)14(19)13-12(15)10-18(4-2)16-13/h10-11H,3-9,15H2,1-2H3. The molecule has 0 radical (unpaired) electrons. The number of carbonyl (C=O) groups excluding carboxylic acids is 1. The second kappa shape index (κ2) is 6.08. The van der Waals surface area contributed by atoms with Crippen molar-refractivity contribution in [2.75, 3.05) is 18.8 Å². The van der Waals surface area contributed by atoms with E-state index in [-0.39, 0.29) is 5.91 Å². The molecule has 1 aromatic rings. The van der Waals surface area contributed by atoms with Crippen molar-refractivity contribution in [1.29, 1.82) is 0 Å². The predicted octanol–water partition coefficient (Wildman–Crippen LogP) is 2.14. The van der Waals surface area contributed by atoms with Gasteiger partial charge in [-0.25, -0.2) is 0 Å².